The Morgan fingerprint density at radius 2 is 1.82 bits per heavy atom. The minimum Gasteiger partial charge on any atom is -0.352 e. The molecule has 1 saturated heterocycles. The predicted octanol–water partition coefficient (Wildman–Crippen LogP) is 6.19. The van der Waals surface area contributed by atoms with E-state index in [1.807, 2.05) is 49.4 Å². The number of thiocarbonyl (C=S) groups is 1. The van der Waals surface area contributed by atoms with E-state index in [0.717, 1.165) is 46.0 Å². The lowest BCUT2D eigenvalue weighted by Crippen LogP contribution is -2.33. The summed E-state index contributed by atoms with van der Waals surface area (Å²) >= 11 is 5.81. The third-order valence-corrected chi connectivity index (χ3v) is 7.68. The van der Waals surface area contributed by atoms with Crippen molar-refractivity contribution >= 4 is 28.9 Å². The van der Waals surface area contributed by atoms with Crippen LogP contribution in [0.5, 0.6) is 0 Å². The molecule has 3 heterocycles. The quantitative estimate of drug-likeness (QED) is 0.261. The largest absolute Gasteiger partial charge is 0.352 e. The average Bonchev–Trinajstić information content (AvgIpc) is 3.43. The second-order valence-corrected chi connectivity index (χ2v) is 10.2. The van der Waals surface area contributed by atoms with E-state index in [-0.39, 0.29) is 30.2 Å². The van der Waals surface area contributed by atoms with Gasteiger partial charge in [-0.25, -0.2) is 4.39 Å². The molecule has 2 atom stereocenters. The molecular formula is C31H32FN5OS. The first-order valence-electron chi connectivity index (χ1n) is 13.2. The van der Waals surface area contributed by atoms with Crippen LogP contribution in [-0.2, 0) is 11.2 Å². The van der Waals surface area contributed by atoms with Crippen LogP contribution in [-0.4, -0.2) is 32.0 Å². The van der Waals surface area contributed by atoms with Gasteiger partial charge in [0.2, 0.25) is 5.91 Å². The number of halogens is 1. The van der Waals surface area contributed by atoms with E-state index >= 15 is 0 Å². The molecule has 1 aliphatic heterocycles. The Bertz CT molecular complexity index is 1480. The molecule has 0 saturated carbocycles. The number of pyridine rings is 1. The lowest BCUT2D eigenvalue weighted by molar-refractivity contribution is -0.116. The van der Waals surface area contributed by atoms with E-state index in [1.54, 1.807) is 18.3 Å². The van der Waals surface area contributed by atoms with Crippen molar-refractivity contribution in [3.05, 3.63) is 113 Å². The number of nitrogens with zero attached hydrogens (tertiary/aromatic N) is 3. The third-order valence-electron chi connectivity index (χ3n) is 7.32. The van der Waals surface area contributed by atoms with Crippen LogP contribution >= 0.6 is 12.2 Å². The van der Waals surface area contributed by atoms with E-state index in [9.17, 15) is 9.18 Å². The second-order valence-electron chi connectivity index (χ2n) is 9.77. The molecule has 2 N–H and O–H groups in total. The van der Waals surface area contributed by atoms with Crippen LogP contribution < -0.4 is 10.6 Å². The van der Waals surface area contributed by atoms with Crippen LogP contribution in [0, 0.1) is 19.7 Å². The molecule has 2 aromatic heterocycles. The van der Waals surface area contributed by atoms with Gasteiger partial charge in [-0.3, -0.25) is 9.78 Å². The zero-order chi connectivity index (χ0) is 27.5. The first kappa shape index (κ1) is 26.6. The summed E-state index contributed by atoms with van der Waals surface area (Å²) in [6.45, 7) is 6.62. The van der Waals surface area contributed by atoms with Gasteiger partial charge in [-0.05, 0) is 92.1 Å². The Morgan fingerprint density at radius 3 is 2.54 bits per heavy atom. The monoisotopic (exact) mass is 541 g/mol. The van der Waals surface area contributed by atoms with Gasteiger partial charge in [0.15, 0.2) is 5.11 Å². The molecule has 0 aliphatic carbocycles. The number of anilines is 1. The van der Waals surface area contributed by atoms with Crippen molar-refractivity contribution in [2.45, 2.75) is 45.7 Å². The van der Waals surface area contributed by atoms with Crippen molar-refractivity contribution in [2.75, 3.05) is 11.9 Å². The maximum Gasteiger partial charge on any atom is 0.226 e. The molecule has 8 heteroatoms. The van der Waals surface area contributed by atoms with Gasteiger partial charge in [-0.2, -0.15) is 0 Å². The molecule has 2 aromatic carbocycles. The molecule has 39 heavy (non-hydrogen) atoms. The number of hydrogen-bond donors (Lipinski definition) is 2. The molecule has 1 aliphatic rings. The van der Waals surface area contributed by atoms with Gasteiger partial charge in [0.25, 0.3) is 0 Å². The van der Waals surface area contributed by atoms with E-state index in [2.05, 4.69) is 45.0 Å². The molecular weight excluding hydrogens is 509 g/mol. The fourth-order valence-electron chi connectivity index (χ4n) is 5.44. The number of nitrogens with one attached hydrogen (secondary N) is 2. The van der Waals surface area contributed by atoms with Crippen molar-refractivity contribution < 1.29 is 9.18 Å². The van der Waals surface area contributed by atoms with Crippen molar-refractivity contribution in [2.24, 2.45) is 0 Å². The minimum absolute atomic E-state index is 0.0597. The highest BCUT2D eigenvalue weighted by atomic mass is 32.1. The lowest BCUT2D eigenvalue weighted by Gasteiger charge is -2.28. The summed E-state index contributed by atoms with van der Waals surface area (Å²) in [5.41, 5.74) is 6.85. The Hall–Kier alpha value is -4.04. The van der Waals surface area contributed by atoms with Crippen molar-refractivity contribution in [3.8, 4) is 5.69 Å². The van der Waals surface area contributed by atoms with Crippen LogP contribution in [0.3, 0.4) is 0 Å². The molecule has 1 fully saturated rings. The lowest BCUT2D eigenvalue weighted by atomic mass is 9.96. The van der Waals surface area contributed by atoms with Crippen molar-refractivity contribution in [1.29, 1.82) is 0 Å². The number of aromatic nitrogens is 2. The van der Waals surface area contributed by atoms with Gasteiger partial charge in [0, 0.05) is 41.9 Å². The number of aryl methyl sites for hydroxylation is 2. The smallest absolute Gasteiger partial charge is 0.226 e. The van der Waals surface area contributed by atoms with Crippen LogP contribution in [0.15, 0.2) is 79.0 Å². The highest BCUT2D eigenvalue weighted by Gasteiger charge is 2.41. The topological polar surface area (TPSA) is 62.2 Å². The number of carbonyl (C=O) groups excluding carboxylic acids is 1. The molecule has 6 nitrogen and oxygen atoms in total. The molecule has 1 amide bonds. The standard InChI is InChI=1S/C31H32FN5OS/c1-4-22-9-5-6-10-26(22)34-28(38)16-18-36-30(29(35-31(36)39)27-11-7-8-17-33-27)25-19-20(2)37(21(25)3)24-14-12-23(32)13-15-24/h5-15,17,19,29-30H,4,16,18H2,1-3H3,(H,34,38)(H,35,39)/t29-,30-/m0/s1. The van der Waals surface area contributed by atoms with Gasteiger partial charge in [0.1, 0.15) is 5.82 Å². The number of carbonyl (C=O) groups is 1. The van der Waals surface area contributed by atoms with E-state index in [0.29, 0.717) is 11.7 Å². The van der Waals surface area contributed by atoms with Gasteiger partial charge in [-0.15, -0.1) is 0 Å². The Balaban J connectivity index is 1.46. The fraction of sp³-hybridized carbons (Fsp3) is 0.258. The van der Waals surface area contributed by atoms with Gasteiger partial charge >= 0.3 is 0 Å². The normalized spacial score (nSPS) is 16.8. The SMILES string of the molecule is CCc1ccccc1NC(=O)CCN1C(=S)N[C@@H](c2ccccn2)[C@@H]1c1cc(C)n(-c2ccc(F)cc2)c1C. The first-order valence-corrected chi connectivity index (χ1v) is 13.6. The Labute approximate surface area is 233 Å². The molecule has 0 radical (unpaired) electrons. The maximum absolute atomic E-state index is 13.6. The number of rotatable bonds is 8. The predicted molar refractivity (Wildman–Crippen MR) is 156 cm³/mol. The molecule has 0 unspecified atom stereocenters. The minimum atomic E-state index is -0.270. The van der Waals surface area contributed by atoms with Crippen LogP contribution in [0.2, 0.25) is 0 Å². The zero-order valence-electron chi connectivity index (χ0n) is 22.3. The van der Waals surface area contributed by atoms with Gasteiger partial charge in [0.05, 0.1) is 17.8 Å². The van der Waals surface area contributed by atoms with Gasteiger partial charge in [-0.1, -0.05) is 31.2 Å². The van der Waals surface area contributed by atoms with Gasteiger partial charge < -0.3 is 20.1 Å². The summed E-state index contributed by atoms with van der Waals surface area (Å²) in [6, 6.07) is 22.0. The van der Waals surface area contributed by atoms with Crippen LogP contribution in [0.1, 0.15) is 53.6 Å². The molecule has 0 spiro atoms. The molecule has 200 valence electrons. The number of amides is 1. The number of hydrogen-bond acceptors (Lipinski definition) is 3. The summed E-state index contributed by atoms with van der Waals surface area (Å²) in [5.74, 6) is -0.330. The Morgan fingerprint density at radius 1 is 1.08 bits per heavy atom. The van der Waals surface area contributed by atoms with Crippen molar-refractivity contribution in [3.63, 3.8) is 0 Å². The third kappa shape index (κ3) is 5.43. The number of benzene rings is 2. The second kappa shape index (κ2) is 11.4. The first-order chi connectivity index (χ1) is 18.9. The number of para-hydroxylation sites is 1. The summed E-state index contributed by atoms with van der Waals surface area (Å²) in [4.78, 5) is 19.7. The average molecular weight is 542 g/mol. The van der Waals surface area contributed by atoms with E-state index in [1.165, 1.54) is 12.1 Å². The van der Waals surface area contributed by atoms with Crippen LogP contribution in [0.4, 0.5) is 10.1 Å². The Kier molecular flexibility index (Phi) is 7.74. The molecule has 0 bridgehead atoms. The van der Waals surface area contributed by atoms with E-state index in [4.69, 9.17) is 12.2 Å². The maximum atomic E-state index is 13.6. The summed E-state index contributed by atoms with van der Waals surface area (Å²) in [6.07, 6.45) is 2.90. The summed E-state index contributed by atoms with van der Waals surface area (Å²) < 4.78 is 15.8. The molecule has 5 rings (SSSR count). The highest BCUT2D eigenvalue weighted by Crippen LogP contribution is 2.41. The summed E-state index contributed by atoms with van der Waals surface area (Å²) in [7, 11) is 0. The van der Waals surface area contributed by atoms with E-state index < -0.39 is 0 Å². The highest BCUT2D eigenvalue weighted by molar-refractivity contribution is 7.80. The molecule has 4 aromatic rings. The van der Waals surface area contributed by atoms with Crippen LogP contribution in [0.25, 0.3) is 5.69 Å². The zero-order valence-corrected chi connectivity index (χ0v) is 23.1. The fourth-order valence-corrected chi connectivity index (χ4v) is 5.78. The van der Waals surface area contributed by atoms with Crippen molar-refractivity contribution in [1.82, 2.24) is 19.8 Å². The summed E-state index contributed by atoms with van der Waals surface area (Å²) in [5, 5.41) is 7.13.